The largest absolute Gasteiger partial charge is 0.285 e. The number of aryl methyl sites for hydroxylation is 2. The summed E-state index contributed by atoms with van der Waals surface area (Å²) in [5, 5.41) is 0. The number of rotatable bonds is 2. The Hall–Kier alpha value is -2.87. The highest BCUT2D eigenvalue weighted by Crippen LogP contribution is 2.34. The van der Waals surface area contributed by atoms with Crippen molar-refractivity contribution in [3.8, 4) is 0 Å². The number of hydrogen-bond donors (Lipinski definition) is 0. The third kappa shape index (κ3) is 2.61. The van der Waals surface area contributed by atoms with E-state index in [0.717, 1.165) is 6.67 Å². The van der Waals surface area contributed by atoms with E-state index in [2.05, 4.69) is 102 Å². The maximum Gasteiger partial charge on any atom is 0.228 e. The molecule has 0 bridgehead atoms. The van der Waals surface area contributed by atoms with Gasteiger partial charge in [0.05, 0.1) is 11.3 Å². The average Bonchev–Trinajstić information content (AvgIpc) is 2.62. The van der Waals surface area contributed by atoms with E-state index in [1.165, 1.54) is 33.8 Å². The third-order valence-corrected chi connectivity index (χ3v) is 4.53. The Bertz CT molecular complexity index is 910. The molecule has 0 aromatic heterocycles. The van der Waals surface area contributed by atoms with E-state index >= 15 is 0 Å². The van der Waals surface area contributed by atoms with E-state index in [4.69, 9.17) is 0 Å². The van der Waals surface area contributed by atoms with Crippen molar-refractivity contribution in [3.63, 3.8) is 0 Å². The van der Waals surface area contributed by atoms with Crippen LogP contribution in [-0.2, 0) is 0 Å². The number of nitrogens with zero attached hydrogens (tertiary/aromatic N) is 2. The van der Waals surface area contributed by atoms with Crippen LogP contribution in [0.25, 0.3) is 0 Å². The minimum atomic E-state index is 0.811. The Balaban J connectivity index is 1.88. The average molecular weight is 313 g/mol. The number of anilines is 2. The second-order valence-electron chi connectivity index (χ2n) is 6.36. The monoisotopic (exact) mass is 313 g/mol. The zero-order valence-electron chi connectivity index (χ0n) is 14.1. The van der Waals surface area contributed by atoms with Gasteiger partial charge in [-0.3, -0.25) is 4.90 Å². The molecule has 0 unspecified atom stereocenters. The smallest absolute Gasteiger partial charge is 0.228 e. The Morgan fingerprint density at radius 3 is 2.42 bits per heavy atom. The Labute approximate surface area is 143 Å². The third-order valence-electron chi connectivity index (χ3n) is 4.53. The summed E-state index contributed by atoms with van der Waals surface area (Å²) in [4.78, 5) is 2.40. The van der Waals surface area contributed by atoms with Gasteiger partial charge >= 0.3 is 0 Å². The van der Waals surface area contributed by atoms with Crippen LogP contribution in [0.4, 0.5) is 17.1 Å². The van der Waals surface area contributed by atoms with Crippen LogP contribution in [0.5, 0.6) is 0 Å². The summed E-state index contributed by atoms with van der Waals surface area (Å²) in [6.07, 6.45) is 2.26. The first-order valence-corrected chi connectivity index (χ1v) is 8.33. The van der Waals surface area contributed by atoms with E-state index < -0.39 is 0 Å². The molecule has 0 N–H and O–H groups in total. The van der Waals surface area contributed by atoms with Gasteiger partial charge in [-0.25, -0.2) is 0 Å². The zero-order chi connectivity index (χ0) is 16.5. The molecule has 0 atom stereocenters. The summed E-state index contributed by atoms with van der Waals surface area (Å²) < 4.78 is 2.32. The molecule has 118 valence electrons. The van der Waals surface area contributed by atoms with Crippen LogP contribution in [0.15, 0.2) is 72.8 Å². The van der Waals surface area contributed by atoms with Crippen LogP contribution < -0.4 is 4.90 Å². The van der Waals surface area contributed by atoms with Crippen molar-refractivity contribution in [1.82, 2.24) is 0 Å². The molecule has 0 saturated carbocycles. The molecule has 3 aromatic carbocycles. The molecule has 0 spiro atoms. The molecule has 2 nitrogen and oxygen atoms in total. The van der Waals surface area contributed by atoms with Crippen molar-refractivity contribution in [2.75, 3.05) is 11.6 Å². The molecule has 1 heterocycles. The molecule has 0 amide bonds. The van der Waals surface area contributed by atoms with Crippen LogP contribution in [0.2, 0.25) is 0 Å². The summed E-state index contributed by atoms with van der Waals surface area (Å²) in [5.41, 5.74) is 7.58. The van der Waals surface area contributed by atoms with Crippen LogP contribution in [0.1, 0.15) is 16.7 Å². The number of para-hydroxylation sites is 2. The molecule has 0 aliphatic carbocycles. The van der Waals surface area contributed by atoms with E-state index in [1.54, 1.807) is 0 Å². The first-order valence-electron chi connectivity index (χ1n) is 8.33. The quantitative estimate of drug-likeness (QED) is 0.591. The van der Waals surface area contributed by atoms with Crippen molar-refractivity contribution < 1.29 is 4.58 Å². The highest BCUT2D eigenvalue weighted by Gasteiger charge is 2.26. The van der Waals surface area contributed by atoms with Gasteiger partial charge in [0.1, 0.15) is 0 Å². The lowest BCUT2D eigenvalue weighted by Gasteiger charge is -2.29. The van der Waals surface area contributed by atoms with E-state index in [0.29, 0.717) is 0 Å². The number of benzene rings is 3. The molecule has 3 aromatic rings. The maximum absolute atomic E-state index is 2.40. The fourth-order valence-corrected chi connectivity index (χ4v) is 3.37. The summed E-state index contributed by atoms with van der Waals surface area (Å²) in [7, 11) is 0. The van der Waals surface area contributed by atoms with Gasteiger partial charge in [0.2, 0.25) is 12.4 Å². The van der Waals surface area contributed by atoms with Crippen molar-refractivity contribution in [1.29, 1.82) is 0 Å². The molecule has 1 aliphatic rings. The normalized spacial score (nSPS) is 13.4. The molecular formula is C22H21N2+. The van der Waals surface area contributed by atoms with Crippen LogP contribution in [0.3, 0.4) is 0 Å². The molecule has 0 radical (unpaired) electrons. The van der Waals surface area contributed by atoms with Gasteiger partial charge in [0.15, 0.2) is 6.21 Å². The van der Waals surface area contributed by atoms with Crippen LogP contribution >= 0.6 is 0 Å². The highest BCUT2D eigenvalue weighted by molar-refractivity contribution is 5.90. The van der Waals surface area contributed by atoms with Gasteiger partial charge in [0.25, 0.3) is 0 Å². The summed E-state index contributed by atoms with van der Waals surface area (Å²) >= 11 is 0. The van der Waals surface area contributed by atoms with Gasteiger partial charge in [0, 0.05) is 17.8 Å². The van der Waals surface area contributed by atoms with E-state index in [9.17, 15) is 0 Å². The molecule has 0 saturated heterocycles. The van der Waals surface area contributed by atoms with Crippen molar-refractivity contribution in [2.45, 2.75) is 13.8 Å². The molecule has 1 aliphatic heterocycles. The second kappa shape index (κ2) is 5.97. The lowest BCUT2D eigenvalue weighted by atomic mass is 10.0. The maximum atomic E-state index is 2.40. The standard InChI is InChI=1S/C22H21N2/c1-17-8-6-13-21(14-17)23-15-19-10-7-9-18(2)22(19)24(16-23)20-11-4-3-5-12-20/h3-15H,16H2,1-2H3/q+1. The molecule has 0 fully saturated rings. The van der Waals surface area contributed by atoms with Gasteiger partial charge in [-0.1, -0.05) is 42.5 Å². The first-order chi connectivity index (χ1) is 11.7. The van der Waals surface area contributed by atoms with Gasteiger partial charge in [-0.2, -0.15) is 4.58 Å². The van der Waals surface area contributed by atoms with Gasteiger partial charge in [-0.15, -0.1) is 0 Å². The van der Waals surface area contributed by atoms with Crippen molar-refractivity contribution >= 4 is 23.3 Å². The summed E-state index contributed by atoms with van der Waals surface area (Å²) in [5.74, 6) is 0. The predicted octanol–water partition coefficient (Wildman–Crippen LogP) is 5.18. The van der Waals surface area contributed by atoms with Crippen LogP contribution in [-0.4, -0.2) is 17.5 Å². The lowest BCUT2D eigenvalue weighted by Crippen LogP contribution is -2.32. The predicted molar refractivity (Wildman–Crippen MR) is 101 cm³/mol. The minimum absolute atomic E-state index is 0.811. The SMILES string of the molecule is Cc1cccc([N+]2=Cc3cccc(C)c3N(c3ccccc3)C2)c1. The van der Waals surface area contributed by atoms with Crippen LogP contribution in [0, 0.1) is 13.8 Å². The fourth-order valence-electron chi connectivity index (χ4n) is 3.37. The Morgan fingerprint density at radius 2 is 1.62 bits per heavy atom. The van der Waals surface area contributed by atoms with E-state index in [-0.39, 0.29) is 0 Å². The molecule has 4 rings (SSSR count). The molecule has 2 heteroatoms. The molecule has 24 heavy (non-hydrogen) atoms. The molecular weight excluding hydrogens is 292 g/mol. The lowest BCUT2D eigenvalue weighted by molar-refractivity contribution is -0.434. The number of fused-ring (bicyclic) bond motifs is 1. The highest BCUT2D eigenvalue weighted by atomic mass is 15.3. The topological polar surface area (TPSA) is 6.25 Å². The second-order valence-corrected chi connectivity index (χ2v) is 6.36. The van der Waals surface area contributed by atoms with Gasteiger partial charge < -0.3 is 0 Å². The van der Waals surface area contributed by atoms with Crippen molar-refractivity contribution in [2.24, 2.45) is 0 Å². The fraction of sp³-hybridized carbons (Fsp3) is 0.136. The summed E-state index contributed by atoms with van der Waals surface area (Å²) in [6.45, 7) is 5.14. The minimum Gasteiger partial charge on any atom is -0.285 e. The van der Waals surface area contributed by atoms with Gasteiger partial charge in [-0.05, 0) is 43.2 Å². The Morgan fingerprint density at radius 1 is 0.833 bits per heavy atom. The number of hydrogen-bond acceptors (Lipinski definition) is 1. The van der Waals surface area contributed by atoms with E-state index in [1.807, 2.05) is 0 Å². The Kier molecular flexibility index (Phi) is 3.66. The zero-order valence-corrected chi connectivity index (χ0v) is 14.1. The van der Waals surface area contributed by atoms with Crippen molar-refractivity contribution in [3.05, 3.63) is 89.5 Å². The first kappa shape index (κ1) is 14.7. The summed E-state index contributed by atoms with van der Waals surface area (Å²) in [6, 6.07) is 25.8.